The SMILES string of the molecule is COc1ccc(F)cc1CC(=O)N1CCC(C)CC1C(=O)O. The van der Waals surface area contributed by atoms with E-state index in [9.17, 15) is 19.1 Å². The number of halogens is 1. The average molecular weight is 309 g/mol. The molecule has 1 aromatic carbocycles. The number of methoxy groups -OCH3 is 1. The molecule has 0 aliphatic carbocycles. The summed E-state index contributed by atoms with van der Waals surface area (Å²) in [6, 6.07) is 3.16. The van der Waals surface area contributed by atoms with E-state index in [0.717, 1.165) is 6.42 Å². The molecule has 1 heterocycles. The number of carboxylic acids is 1. The van der Waals surface area contributed by atoms with Crippen LogP contribution in [-0.4, -0.2) is 41.6 Å². The van der Waals surface area contributed by atoms with E-state index in [2.05, 4.69) is 0 Å². The number of hydrogen-bond donors (Lipinski definition) is 1. The molecular formula is C16H20FNO4. The summed E-state index contributed by atoms with van der Waals surface area (Å²) in [4.78, 5) is 25.2. The molecule has 0 bridgehead atoms. The molecule has 0 radical (unpaired) electrons. The van der Waals surface area contributed by atoms with Gasteiger partial charge >= 0.3 is 5.97 Å². The molecule has 1 aromatic rings. The number of rotatable bonds is 4. The fourth-order valence-corrected chi connectivity index (χ4v) is 2.82. The van der Waals surface area contributed by atoms with Gasteiger partial charge in [-0.25, -0.2) is 9.18 Å². The quantitative estimate of drug-likeness (QED) is 0.925. The third-order valence-electron chi connectivity index (χ3n) is 4.05. The van der Waals surface area contributed by atoms with Crippen LogP contribution in [-0.2, 0) is 16.0 Å². The van der Waals surface area contributed by atoms with E-state index in [1.807, 2.05) is 6.92 Å². The number of likely N-dealkylation sites (tertiary alicyclic amines) is 1. The van der Waals surface area contributed by atoms with Crippen molar-refractivity contribution in [3.63, 3.8) is 0 Å². The largest absolute Gasteiger partial charge is 0.496 e. The van der Waals surface area contributed by atoms with Gasteiger partial charge in [-0.2, -0.15) is 0 Å². The number of benzene rings is 1. The summed E-state index contributed by atoms with van der Waals surface area (Å²) in [6.45, 7) is 2.39. The third kappa shape index (κ3) is 3.55. The summed E-state index contributed by atoms with van der Waals surface area (Å²) in [6.07, 6.45) is 1.15. The van der Waals surface area contributed by atoms with Gasteiger partial charge in [-0.15, -0.1) is 0 Å². The van der Waals surface area contributed by atoms with Gasteiger partial charge in [0, 0.05) is 12.1 Å². The molecule has 6 heteroatoms. The van der Waals surface area contributed by atoms with Crippen molar-refractivity contribution in [3.05, 3.63) is 29.6 Å². The zero-order valence-corrected chi connectivity index (χ0v) is 12.7. The minimum Gasteiger partial charge on any atom is -0.496 e. The van der Waals surface area contributed by atoms with E-state index in [0.29, 0.717) is 24.3 Å². The van der Waals surface area contributed by atoms with Gasteiger partial charge in [0.2, 0.25) is 5.91 Å². The van der Waals surface area contributed by atoms with Crippen molar-refractivity contribution < 1.29 is 23.8 Å². The molecule has 22 heavy (non-hydrogen) atoms. The lowest BCUT2D eigenvalue weighted by atomic mass is 9.92. The maximum Gasteiger partial charge on any atom is 0.326 e. The van der Waals surface area contributed by atoms with E-state index in [1.165, 1.54) is 30.2 Å². The molecule has 0 aromatic heterocycles. The van der Waals surface area contributed by atoms with Crippen LogP contribution in [0.25, 0.3) is 0 Å². The number of aliphatic carboxylic acids is 1. The molecule has 1 saturated heterocycles. The summed E-state index contributed by atoms with van der Waals surface area (Å²) < 4.78 is 18.5. The van der Waals surface area contributed by atoms with Crippen LogP contribution >= 0.6 is 0 Å². The van der Waals surface area contributed by atoms with Crippen LogP contribution in [0.5, 0.6) is 5.75 Å². The van der Waals surface area contributed by atoms with Gasteiger partial charge in [-0.3, -0.25) is 4.79 Å². The Hall–Kier alpha value is -2.11. The smallest absolute Gasteiger partial charge is 0.326 e. The van der Waals surface area contributed by atoms with Crippen molar-refractivity contribution >= 4 is 11.9 Å². The number of carbonyl (C=O) groups excluding carboxylic acids is 1. The Morgan fingerprint density at radius 2 is 2.18 bits per heavy atom. The molecule has 1 aliphatic rings. The first-order valence-corrected chi connectivity index (χ1v) is 7.27. The first kappa shape index (κ1) is 16.3. The molecule has 1 N–H and O–H groups in total. The van der Waals surface area contributed by atoms with Crippen molar-refractivity contribution in [1.82, 2.24) is 4.90 Å². The standard InChI is InChI=1S/C16H20FNO4/c1-10-5-6-18(13(7-10)16(20)21)15(19)9-11-8-12(17)3-4-14(11)22-2/h3-4,8,10,13H,5-7,9H2,1-2H3,(H,20,21). The fourth-order valence-electron chi connectivity index (χ4n) is 2.82. The molecule has 0 saturated carbocycles. The maximum atomic E-state index is 13.4. The number of carbonyl (C=O) groups is 2. The Bertz CT molecular complexity index is 575. The Balaban J connectivity index is 2.17. The second kappa shape index (κ2) is 6.77. The Kier molecular flexibility index (Phi) is 5.00. The van der Waals surface area contributed by atoms with Gasteiger partial charge in [-0.1, -0.05) is 6.92 Å². The highest BCUT2D eigenvalue weighted by molar-refractivity contribution is 5.85. The molecule has 2 atom stereocenters. The minimum absolute atomic E-state index is 0.0703. The number of amides is 1. The van der Waals surface area contributed by atoms with E-state index in [1.54, 1.807) is 0 Å². The third-order valence-corrected chi connectivity index (χ3v) is 4.05. The van der Waals surface area contributed by atoms with Gasteiger partial charge in [-0.05, 0) is 37.0 Å². The fraction of sp³-hybridized carbons (Fsp3) is 0.500. The second-order valence-corrected chi connectivity index (χ2v) is 5.70. The molecule has 2 unspecified atom stereocenters. The highest BCUT2D eigenvalue weighted by atomic mass is 19.1. The van der Waals surface area contributed by atoms with Crippen molar-refractivity contribution in [2.45, 2.75) is 32.2 Å². The number of piperidine rings is 1. The van der Waals surface area contributed by atoms with Crippen molar-refractivity contribution in [2.75, 3.05) is 13.7 Å². The van der Waals surface area contributed by atoms with Crippen LogP contribution in [0.1, 0.15) is 25.3 Å². The molecule has 5 nitrogen and oxygen atoms in total. The summed E-state index contributed by atoms with van der Waals surface area (Å²) in [7, 11) is 1.45. The number of ether oxygens (including phenoxy) is 1. The van der Waals surface area contributed by atoms with E-state index >= 15 is 0 Å². The first-order valence-electron chi connectivity index (χ1n) is 7.27. The zero-order chi connectivity index (χ0) is 16.3. The topological polar surface area (TPSA) is 66.8 Å². The van der Waals surface area contributed by atoms with Crippen LogP contribution in [0.15, 0.2) is 18.2 Å². The van der Waals surface area contributed by atoms with Gasteiger partial charge in [0.1, 0.15) is 17.6 Å². The van der Waals surface area contributed by atoms with E-state index < -0.39 is 17.8 Å². The van der Waals surface area contributed by atoms with Crippen LogP contribution in [0, 0.1) is 11.7 Å². The number of nitrogens with zero attached hydrogens (tertiary/aromatic N) is 1. The monoisotopic (exact) mass is 309 g/mol. The molecule has 120 valence electrons. The van der Waals surface area contributed by atoms with Crippen LogP contribution in [0.2, 0.25) is 0 Å². The first-order chi connectivity index (χ1) is 10.4. The normalized spacial score (nSPS) is 21.5. The van der Waals surface area contributed by atoms with Gasteiger partial charge in [0.15, 0.2) is 0 Å². The van der Waals surface area contributed by atoms with Crippen LogP contribution in [0.4, 0.5) is 4.39 Å². The molecule has 0 spiro atoms. The number of carboxylic acid groups (broad SMARTS) is 1. The predicted octanol–water partition coefficient (Wildman–Crippen LogP) is 2.09. The summed E-state index contributed by atoms with van der Waals surface area (Å²) in [5.74, 6) is -1.07. The lowest BCUT2D eigenvalue weighted by Gasteiger charge is -2.36. The highest BCUT2D eigenvalue weighted by Crippen LogP contribution is 2.25. The van der Waals surface area contributed by atoms with Crippen molar-refractivity contribution in [1.29, 1.82) is 0 Å². The zero-order valence-electron chi connectivity index (χ0n) is 12.7. The van der Waals surface area contributed by atoms with Gasteiger partial charge < -0.3 is 14.7 Å². The lowest BCUT2D eigenvalue weighted by Crippen LogP contribution is -2.50. The Labute approximate surface area is 128 Å². The summed E-state index contributed by atoms with van der Waals surface area (Å²) in [5.41, 5.74) is 0.426. The summed E-state index contributed by atoms with van der Waals surface area (Å²) >= 11 is 0. The van der Waals surface area contributed by atoms with E-state index in [4.69, 9.17) is 4.74 Å². The van der Waals surface area contributed by atoms with E-state index in [-0.39, 0.29) is 18.2 Å². The van der Waals surface area contributed by atoms with Gasteiger partial charge in [0.25, 0.3) is 0 Å². The summed E-state index contributed by atoms with van der Waals surface area (Å²) in [5, 5.41) is 9.31. The van der Waals surface area contributed by atoms with Crippen molar-refractivity contribution in [3.8, 4) is 5.75 Å². The molecule has 2 rings (SSSR count). The Morgan fingerprint density at radius 3 is 2.82 bits per heavy atom. The Morgan fingerprint density at radius 1 is 1.45 bits per heavy atom. The molecule has 1 fully saturated rings. The maximum absolute atomic E-state index is 13.4. The molecule has 1 amide bonds. The second-order valence-electron chi connectivity index (χ2n) is 5.70. The van der Waals surface area contributed by atoms with Crippen LogP contribution < -0.4 is 4.74 Å². The van der Waals surface area contributed by atoms with Crippen molar-refractivity contribution in [2.24, 2.45) is 5.92 Å². The molecule has 1 aliphatic heterocycles. The molecular weight excluding hydrogens is 289 g/mol. The van der Waals surface area contributed by atoms with Crippen LogP contribution in [0.3, 0.4) is 0 Å². The number of hydrogen-bond acceptors (Lipinski definition) is 3. The minimum atomic E-state index is -0.994. The van der Waals surface area contributed by atoms with Gasteiger partial charge in [0.05, 0.1) is 13.5 Å². The highest BCUT2D eigenvalue weighted by Gasteiger charge is 2.34. The average Bonchev–Trinajstić information content (AvgIpc) is 2.47. The lowest BCUT2D eigenvalue weighted by molar-refractivity contribution is -0.152. The predicted molar refractivity (Wildman–Crippen MR) is 78.2 cm³/mol.